The highest BCUT2D eigenvalue weighted by molar-refractivity contribution is 5.99. The number of ether oxygens (including phenoxy) is 1. The van der Waals surface area contributed by atoms with Gasteiger partial charge < -0.3 is 9.64 Å². The van der Waals surface area contributed by atoms with E-state index in [0.717, 1.165) is 11.3 Å². The molecule has 0 aliphatic carbocycles. The second-order valence-corrected chi connectivity index (χ2v) is 6.86. The van der Waals surface area contributed by atoms with Crippen molar-refractivity contribution in [3.8, 4) is 0 Å². The van der Waals surface area contributed by atoms with Gasteiger partial charge in [-0.3, -0.25) is 14.9 Å². The van der Waals surface area contributed by atoms with Gasteiger partial charge in [-0.15, -0.1) is 10.2 Å². The lowest BCUT2D eigenvalue weighted by atomic mass is 10.1. The van der Waals surface area contributed by atoms with Crippen LogP contribution in [-0.2, 0) is 24.8 Å². The summed E-state index contributed by atoms with van der Waals surface area (Å²) in [5.74, 6) is -0.386. The SMILES string of the molecule is Cn1nc(C(=O)Nn2cnnc2)c2c1CCN(C(=O)OC(C)(C)C)C2. The van der Waals surface area contributed by atoms with Crippen LogP contribution in [0, 0.1) is 0 Å². The standard InChI is InChI=1S/C15H21N7O3/c1-15(2,3)25-14(24)21-6-5-11-10(7-21)12(18-20(11)4)13(23)19-22-8-16-17-9-22/h8-9H,5-7H2,1-4H3,(H,19,23). The monoisotopic (exact) mass is 347 g/mol. The Bertz CT molecular complexity index is 789. The maximum atomic E-state index is 12.5. The van der Waals surface area contributed by atoms with Crippen LogP contribution in [0.2, 0.25) is 0 Å². The quantitative estimate of drug-likeness (QED) is 0.856. The van der Waals surface area contributed by atoms with Crippen molar-refractivity contribution in [2.75, 3.05) is 12.0 Å². The molecule has 0 saturated carbocycles. The summed E-state index contributed by atoms with van der Waals surface area (Å²) < 4.78 is 8.45. The molecule has 0 unspecified atom stereocenters. The van der Waals surface area contributed by atoms with E-state index < -0.39 is 11.7 Å². The highest BCUT2D eigenvalue weighted by Crippen LogP contribution is 2.24. The van der Waals surface area contributed by atoms with Crippen LogP contribution in [0.3, 0.4) is 0 Å². The number of hydrogen-bond acceptors (Lipinski definition) is 6. The number of nitrogens with zero attached hydrogens (tertiary/aromatic N) is 6. The molecule has 2 aromatic heterocycles. The van der Waals surface area contributed by atoms with Crippen LogP contribution in [0.25, 0.3) is 0 Å². The molecule has 0 fully saturated rings. The summed E-state index contributed by atoms with van der Waals surface area (Å²) in [6.45, 7) is 6.27. The van der Waals surface area contributed by atoms with Gasteiger partial charge in [0.15, 0.2) is 5.69 Å². The Morgan fingerprint density at radius 3 is 2.56 bits per heavy atom. The fourth-order valence-electron chi connectivity index (χ4n) is 2.69. The van der Waals surface area contributed by atoms with Crippen LogP contribution in [0.15, 0.2) is 12.7 Å². The van der Waals surface area contributed by atoms with E-state index in [9.17, 15) is 9.59 Å². The molecule has 0 radical (unpaired) electrons. The second kappa shape index (κ2) is 6.19. The van der Waals surface area contributed by atoms with Crippen LogP contribution in [0.4, 0.5) is 4.79 Å². The number of carbonyl (C=O) groups excluding carboxylic acids is 2. The molecule has 0 aromatic carbocycles. The normalized spacial score (nSPS) is 14.2. The average molecular weight is 347 g/mol. The second-order valence-electron chi connectivity index (χ2n) is 6.86. The molecule has 0 spiro atoms. The largest absolute Gasteiger partial charge is 0.444 e. The summed E-state index contributed by atoms with van der Waals surface area (Å²) in [7, 11) is 1.79. The third kappa shape index (κ3) is 3.62. The first-order valence-electron chi connectivity index (χ1n) is 7.93. The highest BCUT2D eigenvalue weighted by Gasteiger charge is 2.31. The van der Waals surface area contributed by atoms with Gasteiger partial charge in [0, 0.05) is 31.3 Å². The first kappa shape index (κ1) is 16.9. The van der Waals surface area contributed by atoms with Crippen molar-refractivity contribution >= 4 is 12.0 Å². The number of rotatable bonds is 2. The van der Waals surface area contributed by atoms with E-state index >= 15 is 0 Å². The van der Waals surface area contributed by atoms with Crippen molar-refractivity contribution < 1.29 is 14.3 Å². The smallest absolute Gasteiger partial charge is 0.410 e. The van der Waals surface area contributed by atoms with Crippen LogP contribution >= 0.6 is 0 Å². The van der Waals surface area contributed by atoms with Gasteiger partial charge in [0.25, 0.3) is 5.91 Å². The van der Waals surface area contributed by atoms with Crippen LogP contribution in [-0.4, -0.2) is 53.7 Å². The lowest BCUT2D eigenvalue weighted by Crippen LogP contribution is -2.40. The molecule has 0 bridgehead atoms. The summed E-state index contributed by atoms with van der Waals surface area (Å²) in [5, 5.41) is 11.6. The fourth-order valence-corrected chi connectivity index (χ4v) is 2.69. The van der Waals surface area contributed by atoms with Gasteiger partial charge in [0.05, 0.1) is 6.54 Å². The Balaban J connectivity index is 1.81. The van der Waals surface area contributed by atoms with E-state index in [1.807, 2.05) is 20.8 Å². The number of hydrogen-bond donors (Lipinski definition) is 1. The minimum absolute atomic E-state index is 0.277. The molecule has 3 heterocycles. The van der Waals surface area contributed by atoms with E-state index in [1.54, 1.807) is 16.6 Å². The lowest BCUT2D eigenvalue weighted by molar-refractivity contribution is 0.0222. The van der Waals surface area contributed by atoms with Gasteiger partial charge >= 0.3 is 6.09 Å². The molecular weight excluding hydrogens is 326 g/mol. The highest BCUT2D eigenvalue weighted by atomic mass is 16.6. The molecule has 10 nitrogen and oxygen atoms in total. The molecule has 1 aliphatic heterocycles. The maximum absolute atomic E-state index is 12.5. The Morgan fingerprint density at radius 1 is 1.24 bits per heavy atom. The summed E-state index contributed by atoms with van der Waals surface area (Å²) in [4.78, 5) is 26.4. The van der Waals surface area contributed by atoms with Crippen LogP contribution in [0.1, 0.15) is 42.5 Å². The molecule has 10 heteroatoms. The molecule has 0 saturated heterocycles. The Labute approximate surface area is 144 Å². The molecule has 134 valence electrons. The van der Waals surface area contributed by atoms with Crippen LogP contribution < -0.4 is 5.43 Å². The molecule has 25 heavy (non-hydrogen) atoms. The first-order valence-corrected chi connectivity index (χ1v) is 7.93. The van der Waals surface area contributed by atoms with Gasteiger partial charge in [-0.2, -0.15) is 5.10 Å². The third-order valence-corrected chi connectivity index (χ3v) is 3.76. The average Bonchev–Trinajstić information content (AvgIpc) is 3.13. The molecule has 1 aliphatic rings. The van der Waals surface area contributed by atoms with Crippen LogP contribution in [0.5, 0.6) is 0 Å². The predicted molar refractivity (Wildman–Crippen MR) is 87.3 cm³/mol. The van der Waals surface area contributed by atoms with Crippen molar-refractivity contribution in [3.63, 3.8) is 0 Å². The number of aryl methyl sites for hydroxylation is 1. The number of fused-ring (bicyclic) bond motifs is 1. The number of carbonyl (C=O) groups is 2. The Hall–Kier alpha value is -2.91. The molecule has 2 amide bonds. The topological polar surface area (TPSA) is 107 Å². The Kier molecular flexibility index (Phi) is 4.19. The zero-order valence-electron chi connectivity index (χ0n) is 14.7. The molecular formula is C15H21N7O3. The van der Waals surface area contributed by atoms with Gasteiger partial charge in [0.2, 0.25) is 0 Å². The van der Waals surface area contributed by atoms with Gasteiger partial charge in [-0.05, 0) is 20.8 Å². The summed E-state index contributed by atoms with van der Waals surface area (Å²) >= 11 is 0. The summed E-state index contributed by atoms with van der Waals surface area (Å²) in [6, 6.07) is 0. The van der Waals surface area contributed by atoms with E-state index in [-0.39, 0.29) is 18.1 Å². The maximum Gasteiger partial charge on any atom is 0.410 e. The molecule has 1 N–H and O–H groups in total. The number of nitrogens with one attached hydrogen (secondary N) is 1. The van der Waals surface area contributed by atoms with Crippen molar-refractivity contribution in [1.29, 1.82) is 0 Å². The third-order valence-electron chi connectivity index (χ3n) is 3.76. The van der Waals surface area contributed by atoms with E-state index in [2.05, 4.69) is 20.7 Å². The van der Waals surface area contributed by atoms with Crippen molar-refractivity contribution in [1.82, 2.24) is 29.6 Å². The van der Waals surface area contributed by atoms with Crippen molar-refractivity contribution in [2.24, 2.45) is 7.05 Å². The van der Waals surface area contributed by atoms with Crippen molar-refractivity contribution in [3.05, 3.63) is 29.6 Å². The molecule has 0 atom stereocenters. The lowest BCUT2D eigenvalue weighted by Gasteiger charge is -2.30. The molecule has 3 rings (SSSR count). The zero-order valence-corrected chi connectivity index (χ0v) is 14.7. The number of aromatic nitrogens is 5. The summed E-state index contributed by atoms with van der Waals surface area (Å²) in [5.41, 5.74) is 4.00. The minimum Gasteiger partial charge on any atom is -0.444 e. The van der Waals surface area contributed by atoms with E-state index in [4.69, 9.17) is 4.74 Å². The molecule has 2 aromatic rings. The number of amides is 2. The van der Waals surface area contributed by atoms with Gasteiger partial charge in [-0.25, -0.2) is 9.47 Å². The van der Waals surface area contributed by atoms with Crippen molar-refractivity contribution in [2.45, 2.75) is 39.3 Å². The van der Waals surface area contributed by atoms with Gasteiger partial charge in [-0.1, -0.05) is 0 Å². The summed E-state index contributed by atoms with van der Waals surface area (Å²) in [6.07, 6.45) is 2.96. The predicted octanol–water partition coefficient (Wildman–Crippen LogP) is 0.689. The Morgan fingerprint density at radius 2 is 1.92 bits per heavy atom. The first-order chi connectivity index (χ1) is 11.7. The van der Waals surface area contributed by atoms with E-state index in [0.29, 0.717) is 13.0 Å². The minimum atomic E-state index is -0.569. The van der Waals surface area contributed by atoms with E-state index in [1.165, 1.54) is 17.3 Å². The zero-order chi connectivity index (χ0) is 18.2. The fraction of sp³-hybridized carbons (Fsp3) is 0.533. The van der Waals surface area contributed by atoms with Gasteiger partial charge in [0.1, 0.15) is 18.3 Å².